The highest BCUT2D eigenvalue weighted by molar-refractivity contribution is 7.89. The van der Waals surface area contributed by atoms with Crippen molar-refractivity contribution in [3.63, 3.8) is 0 Å². The van der Waals surface area contributed by atoms with Gasteiger partial charge in [-0.25, -0.2) is 8.42 Å². The number of carbonyl (C=O) groups excluding carboxylic acids is 1. The number of ether oxygens (including phenoxy) is 1. The highest BCUT2D eigenvalue weighted by atomic mass is 32.2. The number of sulfonamides is 1. The first-order valence-electron chi connectivity index (χ1n) is 10.9. The highest BCUT2D eigenvalue weighted by Crippen LogP contribution is 2.37. The predicted octanol–water partition coefficient (Wildman–Crippen LogP) is 5.57. The zero-order valence-corrected chi connectivity index (χ0v) is 20.8. The number of amides is 1. The maximum Gasteiger partial charge on any atom is 0.416 e. The van der Waals surface area contributed by atoms with Gasteiger partial charge in [0.05, 0.1) is 18.2 Å². The summed E-state index contributed by atoms with van der Waals surface area (Å²) in [6, 6.07) is 11.3. The van der Waals surface area contributed by atoms with Crippen LogP contribution >= 0.6 is 0 Å². The molecule has 0 spiro atoms. The van der Waals surface area contributed by atoms with Gasteiger partial charge in [0.25, 0.3) is 0 Å². The molecule has 0 saturated heterocycles. The number of anilines is 1. The highest BCUT2D eigenvalue weighted by Gasteiger charge is 2.37. The standard InChI is InChI=1S/C25H22F6N2O4S/c1-15-8-9-21(37-2)22(10-15)38(35,36)33-20(11-16-6-4-3-5-7-16)23(34)32-19-13-17(24(26,27)28)12-18(14-19)25(29,30)31/h3-10,12-14,20,33H,11H2,1-2H3,(H,32,34)/t20-/m1/s1. The predicted molar refractivity (Wildman–Crippen MR) is 127 cm³/mol. The summed E-state index contributed by atoms with van der Waals surface area (Å²) in [6.45, 7) is 1.62. The molecule has 0 aliphatic carbocycles. The van der Waals surface area contributed by atoms with E-state index in [9.17, 15) is 39.6 Å². The van der Waals surface area contributed by atoms with E-state index in [4.69, 9.17) is 4.74 Å². The van der Waals surface area contributed by atoms with E-state index >= 15 is 0 Å². The molecule has 1 atom stereocenters. The summed E-state index contributed by atoms with van der Waals surface area (Å²) in [6.07, 6.45) is -10.5. The normalized spacial score (nSPS) is 13.2. The van der Waals surface area contributed by atoms with Gasteiger partial charge < -0.3 is 10.1 Å². The van der Waals surface area contributed by atoms with E-state index in [1.54, 1.807) is 43.3 Å². The lowest BCUT2D eigenvalue weighted by Crippen LogP contribution is -2.45. The third-order valence-corrected chi connectivity index (χ3v) is 6.85. The van der Waals surface area contributed by atoms with Gasteiger partial charge in [0.2, 0.25) is 15.9 Å². The molecule has 0 heterocycles. The Balaban J connectivity index is 2.01. The fourth-order valence-electron chi connectivity index (χ4n) is 3.54. The number of hydrogen-bond acceptors (Lipinski definition) is 4. The van der Waals surface area contributed by atoms with Crippen molar-refractivity contribution in [2.24, 2.45) is 0 Å². The molecule has 0 unspecified atom stereocenters. The minimum Gasteiger partial charge on any atom is -0.495 e. The number of methoxy groups -OCH3 is 1. The van der Waals surface area contributed by atoms with Crippen molar-refractivity contribution < 1.29 is 44.3 Å². The number of benzene rings is 3. The monoisotopic (exact) mass is 560 g/mol. The number of halogens is 6. The van der Waals surface area contributed by atoms with E-state index in [0.29, 0.717) is 23.3 Å². The number of aryl methyl sites for hydroxylation is 1. The summed E-state index contributed by atoms with van der Waals surface area (Å²) in [5, 5.41) is 2.00. The minimum absolute atomic E-state index is 0.0327. The Labute approximate surface area is 214 Å². The Hall–Kier alpha value is -3.58. The molecule has 3 rings (SSSR count). The van der Waals surface area contributed by atoms with Gasteiger partial charge in [-0.2, -0.15) is 31.1 Å². The van der Waals surface area contributed by atoms with Crippen LogP contribution in [0, 0.1) is 6.92 Å². The smallest absolute Gasteiger partial charge is 0.416 e. The largest absolute Gasteiger partial charge is 0.495 e. The van der Waals surface area contributed by atoms with E-state index in [-0.39, 0.29) is 23.1 Å². The first-order chi connectivity index (χ1) is 17.6. The molecule has 0 aliphatic rings. The van der Waals surface area contributed by atoms with Gasteiger partial charge >= 0.3 is 12.4 Å². The first-order valence-corrected chi connectivity index (χ1v) is 12.4. The van der Waals surface area contributed by atoms with Crippen LogP contribution in [-0.2, 0) is 33.6 Å². The van der Waals surface area contributed by atoms with Crippen LogP contribution in [0.4, 0.5) is 32.0 Å². The number of nitrogens with one attached hydrogen (secondary N) is 2. The second-order valence-electron chi connectivity index (χ2n) is 8.30. The lowest BCUT2D eigenvalue weighted by molar-refractivity contribution is -0.143. The maximum atomic E-state index is 13.3. The Bertz CT molecular complexity index is 1380. The average molecular weight is 561 g/mol. The van der Waals surface area contributed by atoms with Crippen LogP contribution in [0.3, 0.4) is 0 Å². The summed E-state index contributed by atoms with van der Waals surface area (Å²) in [5.41, 5.74) is -3.03. The van der Waals surface area contributed by atoms with Crippen molar-refractivity contribution >= 4 is 21.6 Å². The zero-order chi connectivity index (χ0) is 28.3. The molecular formula is C25H22F6N2O4S. The van der Waals surface area contributed by atoms with Crippen LogP contribution < -0.4 is 14.8 Å². The van der Waals surface area contributed by atoms with Gasteiger partial charge in [0.1, 0.15) is 16.7 Å². The third-order valence-electron chi connectivity index (χ3n) is 5.36. The van der Waals surface area contributed by atoms with E-state index < -0.39 is 51.1 Å². The van der Waals surface area contributed by atoms with E-state index in [1.165, 1.54) is 19.2 Å². The molecule has 38 heavy (non-hydrogen) atoms. The molecule has 13 heteroatoms. The molecule has 0 aromatic heterocycles. The van der Waals surface area contributed by atoms with Gasteiger partial charge in [0.15, 0.2) is 0 Å². The molecule has 3 aromatic rings. The molecule has 0 radical (unpaired) electrons. The molecule has 3 aromatic carbocycles. The van der Waals surface area contributed by atoms with E-state index in [1.807, 2.05) is 5.32 Å². The van der Waals surface area contributed by atoms with E-state index in [0.717, 1.165) is 0 Å². The van der Waals surface area contributed by atoms with Gasteiger partial charge in [-0.05, 0) is 54.8 Å². The number of hydrogen-bond donors (Lipinski definition) is 2. The molecule has 0 aliphatic heterocycles. The third kappa shape index (κ3) is 7.25. The van der Waals surface area contributed by atoms with Gasteiger partial charge in [-0.1, -0.05) is 36.4 Å². The van der Waals surface area contributed by atoms with Crippen molar-refractivity contribution in [1.29, 1.82) is 0 Å². The van der Waals surface area contributed by atoms with Crippen molar-refractivity contribution in [3.05, 3.63) is 89.0 Å². The first kappa shape index (κ1) is 29.0. The molecular weight excluding hydrogens is 538 g/mol. The lowest BCUT2D eigenvalue weighted by Gasteiger charge is -2.21. The molecule has 6 nitrogen and oxygen atoms in total. The van der Waals surface area contributed by atoms with Crippen LogP contribution in [0.1, 0.15) is 22.3 Å². The van der Waals surface area contributed by atoms with Crippen molar-refractivity contribution in [2.45, 2.75) is 36.6 Å². The van der Waals surface area contributed by atoms with Crippen LogP contribution in [0.2, 0.25) is 0 Å². The second-order valence-corrected chi connectivity index (χ2v) is 9.98. The van der Waals surface area contributed by atoms with Crippen molar-refractivity contribution in [2.75, 3.05) is 12.4 Å². The van der Waals surface area contributed by atoms with Gasteiger partial charge in [-0.15, -0.1) is 0 Å². The summed E-state index contributed by atoms with van der Waals surface area (Å²) in [5.74, 6) is -1.20. The molecule has 0 bridgehead atoms. The summed E-state index contributed by atoms with van der Waals surface area (Å²) in [7, 11) is -3.20. The fourth-order valence-corrected chi connectivity index (χ4v) is 4.99. The SMILES string of the molecule is COc1ccc(C)cc1S(=O)(=O)N[C@H](Cc1ccccc1)C(=O)Nc1cc(C(F)(F)F)cc(C(F)(F)F)c1. The fraction of sp³-hybridized carbons (Fsp3) is 0.240. The van der Waals surface area contributed by atoms with Crippen LogP contribution in [0.5, 0.6) is 5.75 Å². The summed E-state index contributed by atoms with van der Waals surface area (Å²) in [4.78, 5) is 12.8. The average Bonchev–Trinajstić information content (AvgIpc) is 2.83. The van der Waals surface area contributed by atoms with Crippen molar-refractivity contribution in [3.8, 4) is 5.75 Å². The molecule has 1 amide bonds. The number of rotatable bonds is 8. The van der Waals surface area contributed by atoms with Crippen LogP contribution in [-0.4, -0.2) is 27.5 Å². The van der Waals surface area contributed by atoms with Gasteiger partial charge in [-0.3, -0.25) is 4.79 Å². The Kier molecular flexibility index (Phi) is 8.42. The minimum atomic E-state index is -5.13. The molecule has 2 N–H and O–H groups in total. The quantitative estimate of drug-likeness (QED) is 0.353. The topological polar surface area (TPSA) is 84.5 Å². The van der Waals surface area contributed by atoms with Gasteiger partial charge in [0, 0.05) is 5.69 Å². The van der Waals surface area contributed by atoms with Crippen molar-refractivity contribution in [1.82, 2.24) is 4.72 Å². The zero-order valence-electron chi connectivity index (χ0n) is 19.9. The Morgan fingerprint density at radius 3 is 2.00 bits per heavy atom. The number of carbonyl (C=O) groups is 1. The lowest BCUT2D eigenvalue weighted by atomic mass is 10.1. The number of alkyl halides is 6. The van der Waals surface area contributed by atoms with Crippen LogP contribution in [0.25, 0.3) is 0 Å². The summed E-state index contributed by atoms with van der Waals surface area (Å²) < 4.78 is 113. The maximum absolute atomic E-state index is 13.3. The second kappa shape index (κ2) is 11.0. The van der Waals surface area contributed by atoms with E-state index in [2.05, 4.69) is 4.72 Å². The molecule has 0 fully saturated rings. The van der Waals surface area contributed by atoms with Crippen LogP contribution in [0.15, 0.2) is 71.6 Å². The molecule has 0 saturated carbocycles. The summed E-state index contributed by atoms with van der Waals surface area (Å²) >= 11 is 0. The Morgan fingerprint density at radius 1 is 0.895 bits per heavy atom. The Morgan fingerprint density at radius 2 is 1.47 bits per heavy atom. The molecule has 204 valence electrons.